The molecule has 0 saturated carbocycles. The molecule has 7 nitrogen and oxygen atoms in total. The Morgan fingerprint density at radius 1 is 1.03 bits per heavy atom. The molecule has 0 spiro atoms. The summed E-state index contributed by atoms with van der Waals surface area (Å²) in [7, 11) is -3.13. The minimum atomic E-state index is -3.13. The maximum Gasteiger partial charge on any atom is 0.225 e. The van der Waals surface area contributed by atoms with Gasteiger partial charge in [-0.1, -0.05) is 23.8 Å². The average Bonchev–Trinajstić information content (AvgIpc) is 2.77. The molecule has 0 bridgehead atoms. The summed E-state index contributed by atoms with van der Waals surface area (Å²) < 4.78 is 32.4. The fourth-order valence-corrected chi connectivity index (χ4v) is 6.44. The van der Waals surface area contributed by atoms with Gasteiger partial charge in [-0.3, -0.25) is 0 Å². The smallest absolute Gasteiger partial charge is 0.225 e. The van der Waals surface area contributed by atoms with Crippen molar-refractivity contribution < 1.29 is 13.2 Å². The van der Waals surface area contributed by atoms with E-state index in [1.54, 1.807) is 30.5 Å². The SMILES string of the molecule is CC(C)S(=O)(=O)N1CCC(COC[C@@H]2C=C[C@@H]2C2CCN(c3ncc(Cl)cn3)CC2)CC1. The topological polar surface area (TPSA) is 75.6 Å². The van der Waals surface area contributed by atoms with Gasteiger partial charge in [0.05, 0.1) is 29.3 Å². The number of allylic oxidation sites excluding steroid dienone is 1. The third-order valence-corrected chi connectivity index (χ3v) is 9.71. The van der Waals surface area contributed by atoms with Crippen molar-refractivity contribution >= 4 is 27.6 Å². The predicted octanol–water partition coefficient (Wildman–Crippen LogP) is 3.62. The third-order valence-electron chi connectivity index (χ3n) is 7.24. The maximum absolute atomic E-state index is 12.3. The maximum atomic E-state index is 12.3. The summed E-state index contributed by atoms with van der Waals surface area (Å²) in [5.74, 6) is 3.01. The van der Waals surface area contributed by atoms with Gasteiger partial charge in [-0.15, -0.1) is 0 Å². The number of hydrogen-bond donors (Lipinski definition) is 0. The molecule has 1 aromatic heterocycles. The number of ether oxygens (including phenoxy) is 1. The van der Waals surface area contributed by atoms with Crippen molar-refractivity contribution in [2.24, 2.45) is 23.7 Å². The van der Waals surface area contributed by atoms with Gasteiger partial charge in [-0.05, 0) is 57.3 Å². The van der Waals surface area contributed by atoms with Crippen LogP contribution in [0.4, 0.5) is 5.95 Å². The van der Waals surface area contributed by atoms with Gasteiger partial charge < -0.3 is 9.64 Å². The number of halogens is 1. The van der Waals surface area contributed by atoms with Crippen molar-refractivity contribution in [2.45, 2.75) is 44.8 Å². The molecule has 2 saturated heterocycles. The van der Waals surface area contributed by atoms with E-state index in [2.05, 4.69) is 27.0 Å². The summed E-state index contributed by atoms with van der Waals surface area (Å²) in [5.41, 5.74) is 0. The van der Waals surface area contributed by atoms with Gasteiger partial charge in [-0.25, -0.2) is 22.7 Å². The van der Waals surface area contributed by atoms with Crippen LogP contribution in [0.2, 0.25) is 5.02 Å². The standard InChI is InChI=1S/C23H35ClN4O3S/c1-17(2)32(29,30)28-11-5-18(6-12-28)15-31-16-20-3-4-22(20)19-7-9-27(10-8-19)23-25-13-21(24)14-26-23/h3-4,13-14,17-20,22H,5-12,15-16H2,1-2H3/t20-,22+/m0/s1. The van der Waals surface area contributed by atoms with E-state index in [-0.39, 0.29) is 5.25 Å². The highest BCUT2D eigenvalue weighted by Gasteiger charge is 2.35. The molecule has 0 N–H and O–H groups in total. The summed E-state index contributed by atoms with van der Waals surface area (Å²) in [6.45, 7) is 8.20. The van der Waals surface area contributed by atoms with E-state index in [1.807, 2.05) is 0 Å². The Morgan fingerprint density at radius 2 is 1.69 bits per heavy atom. The zero-order valence-electron chi connectivity index (χ0n) is 19.1. The number of hydrogen-bond acceptors (Lipinski definition) is 6. The van der Waals surface area contributed by atoms with Crippen molar-refractivity contribution in [1.29, 1.82) is 0 Å². The lowest BCUT2D eigenvalue weighted by Crippen LogP contribution is -2.43. The van der Waals surface area contributed by atoms with Crippen LogP contribution in [0.1, 0.15) is 39.5 Å². The van der Waals surface area contributed by atoms with E-state index in [0.29, 0.717) is 41.8 Å². The molecule has 3 aliphatic rings. The lowest BCUT2D eigenvalue weighted by molar-refractivity contribution is 0.0434. The molecule has 9 heteroatoms. The third kappa shape index (κ3) is 5.46. The Morgan fingerprint density at radius 3 is 2.25 bits per heavy atom. The second-order valence-corrected chi connectivity index (χ2v) is 12.6. The molecule has 0 unspecified atom stereocenters. The second-order valence-electron chi connectivity index (χ2n) is 9.63. The molecule has 2 aliphatic heterocycles. The summed E-state index contributed by atoms with van der Waals surface area (Å²) in [6, 6.07) is 0. The van der Waals surface area contributed by atoms with Gasteiger partial charge in [-0.2, -0.15) is 0 Å². The number of rotatable bonds is 8. The molecule has 1 aromatic rings. The molecule has 3 heterocycles. The van der Waals surface area contributed by atoms with Crippen LogP contribution < -0.4 is 4.90 Å². The van der Waals surface area contributed by atoms with Crippen LogP contribution in [-0.2, 0) is 14.8 Å². The first kappa shape index (κ1) is 23.9. The number of nitrogens with zero attached hydrogens (tertiary/aromatic N) is 4. The minimum Gasteiger partial charge on any atom is -0.381 e. The van der Waals surface area contributed by atoms with Crippen molar-refractivity contribution in [3.05, 3.63) is 29.6 Å². The first-order valence-electron chi connectivity index (χ1n) is 11.8. The molecule has 2 fully saturated rings. The molecule has 2 atom stereocenters. The largest absolute Gasteiger partial charge is 0.381 e. The van der Waals surface area contributed by atoms with Crippen molar-refractivity contribution in [2.75, 3.05) is 44.3 Å². The van der Waals surface area contributed by atoms with E-state index in [9.17, 15) is 8.42 Å². The number of anilines is 1. The first-order chi connectivity index (χ1) is 15.3. The predicted molar refractivity (Wildman–Crippen MR) is 127 cm³/mol. The second kappa shape index (κ2) is 10.4. The number of aromatic nitrogens is 2. The van der Waals surface area contributed by atoms with Crippen LogP contribution >= 0.6 is 11.6 Å². The highest BCUT2D eigenvalue weighted by molar-refractivity contribution is 7.89. The van der Waals surface area contributed by atoms with Gasteiger partial charge in [0.25, 0.3) is 0 Å². The van der Waals surface area contributed by atoms with Gasteiger partial charge in [0.2, 0.25) is 16.0 Å². The van der Waals surface area contributed by atoms with Crippen LogP contribution in [0.5, 0.6) is 0 Å². The normalized spacial score (nSPS) is 25.9. The van der Waals surface area contributed by atoms with E-state index < -0.39 is 10.0 Å². The van der Waals surface area contributed by atoms with Gasteiger partial charge in [0.15, 0.2) is 0 Å². The molecule has 0 aromatic carbocycles. The molecule has 4 rings (SSSR count). The summed E-state index contributed by atoms with van der Waals surface area (Å²) >= 11 is 5.90. The molecule has 32 heavy (non-hydrogen) atoms. The summed E-state index contributed by atoms with van der Waals surface area (Å²) in [6.07, 6.45) is 12.0. The Bertz CT molecular complexity index is 877. The molecule has 178 valence electrons. The molecule has 1 aliphatic carbocycles. The van der Waals surface area contributed by atoms with Crippen molar-refractivity contribution in [3.63, 3.8) is 0 Å². The van der Waals surface area contributed by atoms with Crippen LogP contribution in [-0.4, -0.2) is 67.3 Å². The zero-order valence-corrected chi connectivity index (χ0v) is 20.6. The lowest BCUT2D eigenvalue weighted by atomic mass is 9.71. The monoisotopic (exact) mass is 482 g/mol. The quantitative estimate of drug-likeness (QED) is 0.527. The van der Waals surface area contributed by atoms with E-state index in [0.717, 1.165) is 57.9 Å². The fraction of sp³-hybridized carbons (Fsp3) is 0.739. The van der Waals surface area contributed by atoms with Crippen LogP contribution in [0.3, 0.4) is 0 Å². The molecule has 0 amide bonds. The summed E-state index contributed by atoms with van der Waals surface area (Å²) in [4.78, 5) is 10.9. The van der Waals surface area contributed by atoms with Crippen LogP contribution in [0.25, 0.3) is 0 Å². The lowest BCUT2D eigenvalue weighted by Gasteiger charge is -2.41. The van der Waals surface area contributed by atoms with E-state index in [1.165, 1.54) is 0 Å². The number of sulfonamides is 1. The highest BCUT2D eigenvalue weighted by Crippen LogP contribution is 2.38. The Labute approximate surface area is 197 Å². The van der Waals surface area contributed by atoms with Gasteiger partial charge >= 0.3 is 0 Å². The van der Waals surface area contributed by atoms with Crippen LogP contribution in [0, 0.1) is 23.7 Å². The Kier molecular flexibility index (Phi) is 7.75. The van der Waals surface area contributed by atoms with Crippen LogP contribution in [0.15, 0.2) is 24.5 Å². The van der Waals surface area contributed by atoms with E-state index >= 15 is 0 Å². The molecular formula is C23H35ClN4O3S. The Balaban J connectivity index is 1.15. The minimum absolute atomic E-state index is 0.344. The first-order valence-corrected chi connectivity index (χ1v) is 13.7. The average molecular weight is 483 g/mol. The number of piperidine rings is 2. The van der Waals surface area contributed by atoms with Crippen molar-refractivity contribution in [3.8, 4) is 0 Å². The molecular weight excluding hydrogens is 448 g/mol. The highest BCUT2D eigenvalue weighted by atomic mass is 35.5. The molecule has 0 radical (unpaired) electrons. The van der Waals surface area contributed by atoms with Crippen molar-refractivity contribution in [1.82, 2.24) is 14.3 Å². The fourth-order valence-electron chi connectivity index (χ4n) is 5.02. The van der Waals surface area contributed by atoms with Gasteiger partial charge in [0, 0.05) is 38.7 Å². The summed E-state index contributed by atoms with van der Waals surface area (Å²) in [5, 5.41) is 0.223. The van der Waals surface area contributed by atoms with Gasteiger partial charge in [0.1, 0.15) is 0 Å². The zero-order chi connectivity index (χ0) is 22.7. The van der Waals surface area contributed by atoms with E-state index in [4.69, 9.17) is 16.3 Å². The Hall–Kier alpha value is -1.22.